The molecule has 1 amide bonds. The Morgan fingerprint density at radius 1 is 1.25 bits per heavy atom. The number of nitrogens with zero attached hydrogens (tertiary/aromatic N) is 7. The minimum Gasteiger partial charge on any atom is -0.296 e. The van der Waals surface area contributed by atoms with E-state index in [0.29, 0.717) is 12.6 Å². The van der Waals surface area contributed by atoms with Crippen LogP contribution in [0.4, 0.5) is 5.82 Å². The van der Waals surface area contributed by atoms with Gasteiger partial charge in [-0.05, 0) is 36.6 Å². The maximum Gasteiger partial charge on any atom is 0.241 e. The molecule has 1 unspecified atom stereocenters. The van der Waals surface area contributed by atoms with Crippen molar-refractivity contribution in [3.8, 4) is 0 Å². The van der Waals surface area contributed by atoms with E-state index in [0.717, 1.165) is 35.9 Å². The second kappa shape index (κ2) is 6.19. The Kier molecular flexibility index (Phi) is 4.03. The van der Waals surface area contributed by atoms with Crippen molar-refractivity contribution in [1.82, 2.24) is 30.0 Å². The third-order valence-electron chi connectivity index (χ3n) is 4.79. The van der Waals surface area contributed by atoms with Crippen LogP contribution in [0.25, 0.3) is 0 Å². The van der Waals surface area contributed by atoms with Gasteiger partial charge in [0.15, 0.2) is 0 Å². The van der Waals surface area contributed by atoms with Gasteiger partial charge in [0.1, 0.15) is 5.82 Å². The monoisotopic (exact) mass is 347 g/mol. The molecule has 9 heteroatoms. The Labute approximate surface area is 144 Å². The van der Waals surface area contributed by atoms with Crippen LogP contribution in [0, 0.1) is 6.92 Å². The molecule has 2 fully saturated rings. The zero-order chi connectivity index (χ0) is 16.7. The Balaban J connectivity index is 1.50. The van der Waals surface area contributed by atoms with Crippen LogP contribution in [0.3, 0.4) is 0 Å². The van der Waals surface area contributed by atoms with E-state index in [4.69, 9.17) is 0 Å². The van der Waals surface area contributed by atoms with E-state index in [9.17, 15) is 4.79 Å². The SMILES string of the molecule is Cc1cc(N2CCC(Sc3nnnn3C3CCCC3)C2=O)n(C)n1. The van der Waals surface area contributed by atoms with E-state index >= 15 is 0 Å². The van der Waals surface area contributed by atoms with Crippen LogP contribution < -0.4 is 4.90 Å². The Bertz CT molecular complexity index is 749. The maximum absolute atomic E-state index is 12.8. The van der Waals surface area contributed by atoms with Gasteiger partial charge in [0.05, 0.1) is 17.0 Å². The van der Waals surface area contributed by atoms with Crippen molar-refractivity contribution < 1.29 is 4.79 Å². The van der Waals surface area contributed by atoms with Crippen molar-refractivity contribution in [1.29, 1.82) is 0 Å². The number of hydrogen-bond donors (Lipinski definition) is 0. The van der Waals surface area contributed by atoms with Crippen LogP contribution in [-0.4, -0.2) is 47.7 Å². The number of anilines is 1. The van der Waals surface area contributed by atoms with Gasteiger partial charge < -0.3 is 0 Å². The summed E-state index contributed by atoms with van der Waals surface area (Å²) in [5.74, 6) is 0.972. The van der Waals surface area contributed by atoms with Gasteiger partial charge >= 0.3 is 0 Å². The molecule has 24 heavy (non-hydrogen) atoms. The van der Waals surface area contributed by atoms with Gasteiger partial charge in [-0.3, -0.25) is 14.4 Å². The average Bonchev–Trinajstić information content (AvgIpc) is 3.30. The summed E-state index contributed by atoms with van der Waals surface area (Å²) in [7, 11) is 1.87. The molecule has 1 saturated carbocycles. The quantitative estimate of drug-likeness (QED) is 0.838. The zero-order valence-corrected chi connectivity index (χ0v) is 14.7. The molecule has 1 aliphatic heterocycles. The highest BCUT2D eigenvalue weighted by atomic mass is 32.2. The number of carbonyl (C=O) groups excluding carboxylic acids is 1. The molecule has 1 atom stereocenters. The Morgan fingerprint density at radius 3 is 2.75 bits per heavy atom. The smallest absolute Gasteiger partial charge is 0.241 e. The molecule has 2 aromatic heterocycles. The number of amides is 1. The van der Waals surface area contributed by atoms with Crippen molar-refractivity contribution in [2.75, 3.05) is 11.4 Å². The van der Waals surface area contributed by atoms with Crippen LogP contribution in [0.5, 0.6) is 0 Å². The van der Waals surface area contributed by atoms with Gasteiger partial charge in [-0.25, -0.2) is 4.68 Å². The van der Waals surface area contributed by atoms with E-state index in [-0.39, 0.29) is 11.2 Å². The number of rotatable bonds is 4. The standard InChI is InChI=1S/C15H21N7OS/c1-10-9-13(20(2)17-10)21-8-7-12(14(21)23)24-15-16-18-19-22(15)11-5-3-4-6-11/h9,11-12H,3-8H2,1-2H3. The van der Waals surface area contributed by atoms with Gasteiger partial charge in [-0.2, -0.15) is 5.10 Å². The number of hydrogen-bond acceptors (Lipinski definition) is 6. The van der Waals surface area contributed by atoms with Crippen molar-refractivity contribution in [3.05, 3.63) is 11.8 Å². The van der Waals surface area contributed by atoms with Crippen LogP contribution in [0.15, 0.2) is 11.2 Å². The van der Waals surface area contributed by atoms with Crippen molar-refractivity contribution >= 4 is 23.5 Å². The summed E-state index contributed by atoms with van der Waals surface area (Å²) in [6.07, 6.45) is 5.50. The van der Waals surface area contributed by atoms with E-state index in [2.05, 4.69) is 20.6 Å². The Hall–Kier alpha value is -1.90. The molecule has 1 saturated heterocycles. The summed E-state index contributed by atoms with van der Waals surface area (Å²) in [4.78, 5) is 14.6. The largest absolute Gasteiger partial charge is 0.296 e. The van der Waals surface area contributed by atoms with Gasteiger partial charge in [0.25, 0.3) is 0 Å². The van der Waals surface area contributed by atoms with Gasteiger partial charge in [0, 0.05) is 19.7 Å². The molecular weight excluding hydrogens is 326 g/mol. The molecule has 8 nitrogen and oxygen atoms in total. The third kappa shape index (κ3) is 2.70. The lowest BCUT2D eigenvalue weighted by atomic mass is 10.3. The number of aromatic nitrogens is 6. The summed E-state index contributed by atoms with van der Waals surface area (Å²) >= 11 is 1.50. The lowest BCUT2D eigenvalue weighted by molar-refractivity contribution is -0.116. The molecule has 0 spiro atoms. The first-order chi connectivity index (χ1) is 11.6. The first-order valence-corrected chi connectivity index (χ1v) is 9.28. The third-order valence-corrected chi connectivity index (χ3v) is 5.99. The predicted molar refractivity (Wildman–Crippen MR) is 89.9 cm³/mol. The number of tetrazole rings is 1. The molecule has 2 aromatic rings. The number of aryl methyl sites for hydroxylation is 2. The minimum atomic E-state index is -0.133. The highest BCUT2D eigenvalue weighted by molar-refractivity contribution is 8.00. The molecule has 0 N–H and O–H groups in total. The second-order valence-corrected chi connectivity index (χ2v) is 7.67. The first-order valence-electron chi connectivity index (χ1n) is 8.40. The number of thioether (sulfide) groups is 1. The van der Waals surface area contributed by atoms with Crippen LogP contribution in [-0.2, 0) is 11.8 Å². The normalized spacial score (nSPS) is 22.0. The molecule has 128 valence electrons. The highest BCUT2D eigenvalue weighted by Gasteiger charge is 2.36. The van der Waals surface area contributed by atoms with E-state index < -0.39 is 0 Å². The van der Waals surface area contributed by atoms with Crippen molar-refractivity contribution in [3.63, 3.8) is 0 Å². The number of carbonyl (C=O) groups is 1. The zero-order valence-electron chi connectivity index (χ0n) is 13.9. The predicted octanol–water partition coefficient (Wildman–Crippen LogP) is 1.73. The van der Waals surface area contributed by atoms with Crippen LogP contribution in [0.1, 0.15) is 43.8 Å². The Morgan fingerprint density at radius 2 is 2.04 bits per heavy atom. The van der Waals surface area contributed by atoms with Crippen molar-refractivity contribution in [2.24, 2.45) is 7.05 Å². The fourth-order valence-corrected chi connectivity index (χ4v) is 4.69. The minimum absolute atomic E-state index is 0.115. The van der Waals surface area contributed by atoms with Gasteiger partial charge in [0.2, 0.25) is 11.1 Å². The molecule has 3 heterocycles. The summed E-state index contributed by atoms with van der Waals surface area (Å²) < 4.78 is 3.69. The van der Waals surface area contributed by atoms with Crippen LogP contribution >= 0.6 is 11.8 Å². The van der Waals surface area contributed by atoms with Crippen molar-refractivity contribution in [2.45, 2.75) is 55.5 Å². The topological polar surface area (TPSA) is 81.7 Å². The lowest BCUT2D eigenvalue weighted by Crippen LogP contribution is -2.30. The molecular formula is C15H21N7OS. The first kappa shape index (κ1) is 15.6. The summed E-state index contributed by atoms with van der Waals surface area (Å²) in [5.41, 5.74) is 0.918. The van der Waals surface area contributed by atoms with E-state index in [1.807, 2.05) is 29.6 Å². The lowest BCUT2D eigenvalue weighted by Gasteiger charge is -2.16. The fourth-order valence-electron chi connectivity index (χ4n) is 3.61. The highest BCUT2D eigenvalue weighted by Crippen LogP contribution is 2.35. The molecule has 2 aliphatic rings. The fraction of sp³-hybridized carbons (Fsp3) is 0.667. The maximum atomic E-state index is 12.8. The van der Waals surface area contributed by atoms with E-state index in [1.165, 1.54) is 24.6 Å². The van der Waals surface area contributed by atoms with E-state index in [1.54, 1.807) is 4.68 Å². The van der Waals surface area contributed by atoms with Crippen LogP contribution in [0.2, 0.25) is 0 Å². The molecule has 0 radical (unpaired) electrons. The second-order valence-electron chi connectivity index (χ2n) is 6.50. The summed E-state index contributed by atoms with van der Waals surface area (Å²) in [5, 5.41) is 17.1. The summed E-state index contributed by atoms with van der Waals surface area (Å²) in [6.45, 7) is 2.65. The van der Waals surface area contributed by atoms with Gasteiger partial charge in [-0.1, -0.05) is 24.6 Å². The molecule has 0 bridgehead atoms. The molecule has 1 aliphatic carbocycles. The van der Waals surface area contributed by atoms with Gasteiger partial charge in [-0.15, -0.1) is 5.10 Å². The molecule has 4 rings (SSSR count). The summed E-state index contributed by atoms with van der Waals surface area (Å²) in [6, 6.07) is 2.34. The molecule has 0 aromatic carbocycles. The average molecular weight is 347 g/mol.